The van der Waals surface area contributed by atoms with E-state index in [9.17, 15) is 18.0 Å². The molecule has 0 saturated heterocycles. The van der Waals surface area contributed by atoms with Crippen LogP contribution in [0.15, 0.2) is 77.7 Å². The van der Waals surface area contributed by atoms with Crippen molar-refractivity contribution < 1.29 is 18.0 Å². The lowest BCUT2D eigenvalue weighted by molar-refractivity contribution is -0.140. The van der Waals surface area contributed by atoms with Gasteiger partial charge >= 0.3 is 0 Å². The molecule has 0 radical (unpaired) electrons. The van der Waals surface area contributed by atoms with Crippen molar-refractivity contribution in [1.29, 1.82) is 0 Å². The fourth-order valence-corrected chi connectivity index (χ4v) is 5.63. The lowest BCUT2D eigenvalue weighted by Crippen LogP contribution is -2.54. The molecule has 3 rings (SSSR count). The Kier molecular flexibility index (Phi) is 9.93. The summed E-state index contributed by atoms with van der Waals surface area (Å²) in [5.74, 6) is -0.980. The van der Waals surface area contributed by atoms with E-state index in [2.05, 4.69) is 5.32 Å². The van der Waals surface area contributed by atoms with E-state index in [0.29, 0.717) is 20.6 Å². The van der Waals surface area contributed by atoms with E-state index in [1.54, 1.807) is 55.5 Å². The van der Waals surface area contributed by atoms with Gasteiger partial charge in [-0.2, -0.15) is 0 Å². The minimum atomic E-state index is -4.15. The van der Waals surface area contributed by atoms with Crippen molar-refractivity contribution in [2.75, 3.05) is 10.8 Å². The Hall–Kier alpha value is -2.78. The molecule has 11 heteroatoms. The van der Waals surface area contributed by atoms with Crippen LogP contribution in [0.2, 0.25) is 15.1 Å². The average molecular weight is 611 g/mol. The van der Waals surface area contributed by atoms with E-state index in [4.69, 9.17) is 34.8 Å². The summed E-state index contributed by atoms with van der Waals surface area (Å²) >= 11 is 18.3. The summed E-state index contributed by atoms with van der Waals surface area (Å²) in [6, 6.07) is 17.9. The van der Waals surface area contributed by atoms with Gasteiger partial charge in [0.15, 0.2) is 0 Å². The number of carbonyl (C=O) groups is 2. The molecule has 7 nitrogen and oxygen atoms in total. The minimum absolute atomic E-state index is 0.00566. The lowest BCUT2D eigenvalue weighted by atomic mass is 10.1. The lowest BCUT2D eigenvalue weighted by Gasteiger charge is -2.33. The number of hydrogen-bond acceptors (Lipinski definition) is 4. The number of anilines is 1. The maximum Gasteiger partial charge on any atom is 0.264 e. The van der Waals surface area contributed by atoms with Crippen LogP contribution in [0.3, 0.4) is 0 Å². The molecule has 208 valence electrons. The first-order valence-electron chi connectivity index (χ1n) is 12.1. The van der Waals surface area contributed by atoms with Crippen LogP contribution in [-0.2, 0) is 26.2 Å². The third-order valence-corrected chi connectivity index (χ3v) is 8.51. The van der Waals surface area contributed by atoms with Gasteiger partial charge in [0.05, 0.1) is 20.6 Å². The molecule has 0 bridgehead atoms. The van der Waals surface area contributed by atoms with Crippen molar-refractivity contribution in [3.05, 3.63) is 93.4 Å². The van der Waals surface area contributed by atoms with Crippen LogP contribution in [0.5, 0.6) is 0 Å². The molecule has 0 aliphatic carbocycles. The molecule has 3 aromatic carbocycles. The van der Waals surface area contributed by atoms with E-state index in [-0.39, 0.29) is 23.0 Å². The normalized spacial score (nSPS) is 12.5. The Bertz CT molecular complexity index is 1430. The molecule has 0 saturated carbocycles. The van der Waals surface area contributed by atoms with Crippen LogP contribution >= 0.6 is 34.8 Å². The van der Waals surface area contributed by atoms with Gasteiger partial charge < -0.3 is 10.2 Å². The first kappa shape index (κ1) is 30.8. The van der Waals surface area contributed by atoms with Crippen molar-refractivity contribution >= 4 is 62.3 Å². The third-order valence-electron chi connectivity index (χ3n) is 5.73. The summed E-state index contributed by atoms with van der Waals surface area (Å²) in [6.45, 7) is 6.52. The highest BCUT2D eigenvalue weighted by atomic mass is 35.5. The van der Waals surface area contributed by atoms with Crippen LogP contribution in [-0.4, -0.2) is 43.3 Å². The number of nitrogens with one attached hydrogen (secondary N) is 1. The van der Waals surface area contributed by atoms with Gasteiger partial charge in [0, 0.05) is 17.1 Å². The summed E-state index contributed by atoms with van der Waals surface area (Å²) in [5.41, 5.74) is 0.324. The van der Waals surface area contributed by atoms with E-state index in [0.717, 1.165) is 4.31 Å². The molecule has 0 aliphatic rings. The van der Waals surface area contributed by atoms with Gasteiger partial charge in [0.25, 0.3) is 10.0 Å². The van der Waals surface area contributed by atoms with Gasteiger partial charge in [-0.25, -0.2) is 8.42 Å². The highest BCUT2D eigenvalue weighted by Crippen LogP contribution is 2.27. The van der Waals surface area contributed by atoms with Crippen molar-refractivity contribution in [3.8, 4) is 0 Å². The molecule has 3 aromatic rings. The molecule has 0 heterocycles. The number of rotatable bonds is 9. The Morgan fingerprint density at radius 3 is 2.08 bits per heavy atom. The smallest absolute Gasteiger partial charge is 0.264 e. The quantitative estimate of drug-likeness (QED) is 0.314. The molecule has 39 heavy (non-hydrogen) atoms. The van der Waals surface area contributed by atoms with Gasteiger partial charge in [-0.15, -0.1) is 0 Å². The molecule has 1 atom stereocenters. The number of nitrogens with zero attached hydrogens (tertiary/aromatic N) is 2. The monoisotopic (exact) mass is 609 g/mol. The second kappa shape index (κ2) is 12.6. The third kappa shape index (κ3) is 8.11. The van der Waals surface area contributed by atoms with Crippen LogP contribution in [0.1, 0.15) is 33.3 Å². The summed E-state index contributed by atoms with van der Waals surface area (Å²) in [5, 5.41) is 3.94. The average Bonchev–Trinajstić information content (AvgIpc) is 2.87. The highest BCUT2D eigenvalue weighted by molar-refractivity contribution is 7.92. The van der Waals surface area contributed by atoms with Crippen LogP contribution in [0.4, 0.5) is 5.69 Å². The maximum absolute atomic E-state index is 13.9. The molecule has 0 spiro atoms. The summed E-state index contributed by atoms with van der Waals surface area (Å²) in [4.78, 5) is 28.4. The van der Waals surface area contributed by atoms with E-state index in [1.807, 2.05) is 20.8 Å². The largest absolute Gasteiger partial charge is 0.350 e. The SMILES string of the molecule is C[C@@H](C(=O)NC(C)(C)C)N(Cc1ccc(Cl)c(Cl)c1)C(=O)CN(c1ccc(Cl)cc1)S(=O)(=O)c1ccccc1. The summed E-state index contributed by atoms with van der Waals surface area (Å²) in [6.07, 6.45) is 0. The molecule has 0 aromatic heterocycles. The minimum Gasteiger partial charge on any atom is -0.350 e. The molecular weight excluding hydrogens is 581 g/mol. The van der Waals surface area contributed by atoms with Crippen LogP contribution in [0.25, 0.3) is 0 Å². The molecule has 1 N–H and O–H groups in total. The summed E-state index contributed by atoms with van der Waals surface area (Å²) < 4.78 is 28.4. The second-order valence-corrected chi connectivity index (χ2v) is 13.1. The molecule has 0 unspecified atom stereocenters. The van der Waals surface area contributed by atoms with Gasteiger partial charge in [0.1, 0.15) is 12.6 Å². The Morgan fingerprint density at radius 2 is 1.51 bits per heavy atom. The first-order valence-corrected chi connectivity index (χ1v) is 14.7. The van der Waals surface area contributed by atoms with Gasteiger partial charge in [-0.1, -0.05) is 59.1 Å². The zero-order valence-corrected chi connectivity index (χ0v) is 25.1. The van der Waals surface area contributed by atoms with Gasteiger partial charge in [-0.05, 0) is 81.8 Å². The number of halogens is 3. The maximum atomic E-state index is 13.9. The molecular formula is C28H30Cl3N3O4S. The Balaban J connectivity index is 2.03. The van der Waals surface area contributed by atoms with E-state index >= 15 is 0 Å². The number of carbonyl (C=O) groups excluding carboxylic acids is 2. The van der Waals surface area contributed by atoms with E-state index in [1.165, 1.54) is 29.2 Å². The van der Waals surface area contributed by atoms with Gasteiger partial charge in [-0.3, -0.25) is 13.9 Å². The predicted molar refractivity (Wildman–Crippen MR) is 157 cm³/mol. The summed E-state index contributed by atoms with van der Waals surface area (Å²) in [7, 11) is -4.15. The fourth-order valence-electron chi connectivity index (χ4n) is 3.75. The Morgan fingerprint density at radius 1 is 0.897 bits per heavy atom. The molecule has 0 aliphatic heterocycles. The van der Waals surface area contributed by atoms with Crippen molar-refractivity contribution in [2.45, 2.75) is 50.7 Å². The number of benzene rings is 3. The second-order valence-electron chi connectivity index (χ2n) is 9.99. The topological polar surface area (TPSA) is 86.8 Å². The Labute approximate surface area is 244 Å². The van der Waals surface area contributed by atoms with Crippen molar-refractivity contribution in [2.24, 2.45) is 0 Å². The molecule has 0 fully saturated rings. The number of sulfonamides is 1. The molecule has 2 amide bonds. The number of amides is 2. The van der Waals surface area contributed by atoms with Gasteiger partial charge in [0.2, 0.25) is 11.8 Å². The predicted octanol–water partition coefficient (Wildman–Crippen LogP) is 6.17. The van der Waals surface area contributed by atoms with Crippen molar-refractivity contribution in [3.63, 3.8) is 0 Å². The van der Waals surface area contributed by atoms with Crippen LogP contribution < -0.4 is 9.62 Å². The van der Waals surface area contributed by atoms with E-state index < -0.39 is 34.1 Å². The standard InChI is InChI=1S/C28H30Cl3N3O4S/c1-19(27(36)32-28(2,3)4)33(17-20-10-15-24(30)25(31)16-20)26(35)18-34(22-13-11-21(29)12-14-22)39(37,38)23-8-6-5-7-9-23/h5-16,19H,17-18H2,1-4H3,(H,32,36)/t19-/m0/s1. The zero-order valence-electron chi connectivity index (χ0n) is 22.0. The van der Waals surface area contributed by atoms with Crippen molar-refractivity contribution in [1.82, 2.24) is 10.2 Å². The number of hydrogen-bond donors (Lipinski definition) is 1. The zero-order chi connectivity index (χ0) is 29.0. The first-order chi connectivity index (χ1) is 18.2. The highest BCUT2D eigenvalue weighted by Gasteiger charge is 2.33. The fraction of sp³-hybridized carbons (Fsp3) is 0.286. The van der Waals surface area contributed by atoms with Crippen LogP contribution in [0, 0.1) is 0 Å².